The molecule has 132 valence electrons. The van der Waals surface area contributed by atoms with Crippen LogP contribution in [0.1, 0.15) is 56.8 Å². The minimum atomic E-state index is -0.385. The molecule has 1 heterocycles. The van der Waals surface area contributed by atoms with Crippen molar-refractivity contribution < 1.29 is 14.3 Å². The highest BCUT2D eigenvalue weighted by Gasteiger charge is 2.26. The van der Waals surface area contributed by atoms with Gasteiger partial charge in [0.25, 0.3) is 5.91 Å². The van der Waals surface area contributed by atoms with Crippen LogP contribution in [0.4, 0.5) is 5.00 Å². The number of amides is 1. The molecule has 6 heteroatoms. The molecule has 4 nitrogen and oxygen atoms in total. The van der Waals surface area contributed by atoms with Gasteiger partial charge in [0.15, 0.2) is 0 Å². The number of anilines is 1. The Kier molecular flexibility index (Phi) is 5.76. The maximum atomic E-state index is 12.5. The minimum Gasteiger partial charge on any atom is -0.465 e. The first-order valence-electron chi connectivity index (χ1n) is 8.40. The smallest absolute Gasteiger partial charge is 0.341 e. The van der Waals surface area contributed by atoms with Gasteiger partial charge in [0.05, 0.1) is 12.7 Å². The highest BCUT2D eigenvalue weighted by molar-refractivity contribution is 7.17. The largest absolute Gasteiger partial charge is 0.465 e. The van der Waals surface area contributed by atoms with Gasteiger partial charge in [-0.3, -0.25) is 4.79 Å². The van der Waals surface area contributed by atoms with Gasteiger partial charge >= 0.3 is 5.97 Å². The topological polar surface area (TPSA) is 55.4 Å². The molecule has 1 amide bonds. The summed E-state index contributed by atoms with van der Waals surface area (Å²) in [5.74, 6) is -0.638. The Labute approximate surface area is 156 Å². The Hall–Kier alpha value is -1.85. The monoisotopic (exact) mass is 377 g/mol. The molecule has 0 unspecified atom stereocenters. The fourth-order valence-electron chi connectivity index (χ4n) is 3.10. The lowest BCUT2D eigenvalue weighted by Crippen LogP contribution is -2.14. The second kappa shape index (κ2) is 8.02. The third-order valence-corrected chi connectivity index (χ3v) is 5.85. The molecule has 1 aromatic carbocycles. The van der Waals surface area contributed by atoms with Crippen molar-refractivity contribution in [2.24, 2.45) is 0 Å². The van der Waals surface area contributed by atoms with E-state index in [1.54, 1.807) is 24.3 Å². The van der Waals surface area contributed by atoms with Crippen molar-refractivity contribution in [3.8, 4) is 0 Å². The molecule has 1 aromatic heterocycles. The summed E-state index contributed by atoms with van der Waals surface area (Å²) >= 11 is 7.37. The van der Waals surface area contributed by atoms with E-state index in [0.29, 0.717) is 21.2 Å². The lowest BCUT2D eigenvalue weighted by atomic mass is 9.96. The zero-order chi connectivity index (χ0) is 17.8. The van der Waals surface area contributed by atoms with E-state index in [1.165, 1.54) is 36.2 Å². The van der Waals surface area contributed by atoms with Crippen LogP contribution in [-0.4, -0.2) is 19.0 Å². The molecule has 1 N–H and O–H groups in total. The maximum Gasteiger partial charge on any atom is 0.341 e. The van der Waals surface area contributed by atoms with E-state index in [0.717, 1.165) is 31.2 Å². The minimum absolute atomic E-state index is 0.254. The number of carbonyl (C=O) groups excluding carboxylic acids is 2. The molecule has 0 radical (unpaired) electrons. The first-order valence-corrected chi connectivity index (χ1v) is 9.59. The number of thiophene rings is 1. The van der Waals surface area contributed by atoms with Crippen LogP contribution in [0.25, 0.3) is 0 Å². The summed E-state index contributed by atoms with van der Waals surface area (Å²) in [6, 6.07) is 6.68. The molecule has 0 fully saturated rings. The van der Waals surface area contributed by atoms with Gasteiger partial charge in [-0.1, -0.05) is 24.4 Å². The summed E-state index contributed by atoms with van der Waals surface area (Å²) in [4.78, 5) is 26.1. The second-order valence-corrected chi connectivity index (χ2v) is 7.62. The van der Waals surface area contributed by atoms with E-state index in [9.17, 15) is 9.59 Å². The molecule has 0 aliphatic heterocycles. The molecule has 1 aliphatic carbocycles. The zero-order valence-corrected chi connectivity index (χ0v) is 15.6. The van der Waals surface area contributed by atoms with E-state index >= 15 is 0 Å². The van der Waals surface area contributed by atoms with Gasteiger partial charge in [-0.25, -0.2) is 4.79 Å². The van der Waals surface area contributed by atoms with Crippen molar-refractivity contribution in [2.75, 3.05) is 12.4 Å². The molecule has 0 saturated carbocycles. The van der Waals surface area contributed by atoms with Crippen LogP contribution in [0.5, 0.6) is 0 Å². The average Bonchev–Trinajstić information content (AvgIpc) is 2.91. The van der Waals surface area contributed by atoms with E-state index in [1.807, 2.05) is 0 Å². The third-order valence-electron chi connectivity index (χ3n) is 4.39. The molecule has 0 saturated heterocycles. The van der Waals surface area contributed by atoms with Crippen LogP contribution in [-0.2, 0) is 17.6 Å². The number of hydrogen-bond acceptors (Lipinski definition) is 4. The second-order valence-electron chi connectivity index (χ2n) is 6.07. The van der Waals surface area contributed by atoms with Crippen molar-refractivity contribution >= 4 is 39.8 Å². The Bertz CT molecular complexity index is 783. The molecule has 1 aliphatic rings. The summed E-state index contributed by atoms with van der Waals surface area (Å²) in [7, 11) is 1.38. The van der Waals surface area contributed by atoms with Crippen molar-refractivity contribution in [1.82, 2.24) is 0 Å². The Balaban J connectivity index is 1.94. The van der Waals surface area contributed by atoms with E-state index in [2.05, 4.69) is 5.32 Å². The summed E-state index contributed by atoms with van der Waals surface area (Å²) in [6.07, 6.45) is 6.34. The maximum absolute atomic E-state index is 12.5. The third kappa shape index (κ3) is 4.05. The molecule has 25 heavy (non-hydrogen) atoms. The lowest BCUT2D eigenvalue weighted by molar-refractivity contribution is 0.0601. The number of aryl methyl sites for hydroxylation is 1. The summed E-state index contributed by atoms with van der Waals surface area (Å²) in [6.45, 7) is 0. The normalized spacial score (nSPS) is 14.2. The molecule has 0 atom stereocenters. The molecule has 0 bridgehead atoms. The van der Waals surface area contributed by atoms with Crippen molar-refractivity contribution in [2.45, 2.75) is 38.5 Å². The first kappa shape index (κ1) is 18.0. The highest BCUT2D eigenvalue weighted by Crippen LogP contribution is 2.37. The first-order chi connectivity index (χ1) is 12.1. The summed E-state index contributed by atoms with van der Waals surface area (Å²) < 4.78 is 4.98. The Morgan fingerprint density at radius 1 is 1.08 bits per heavy atom. The number of nitrogens with one attached hydrogen (secondary N) is 1. The molecule has 0 spiro atoms. The van der Waals surface area contributed by atoms with Crippen molar-refractivity contribution in [3.63, 3.8) is 0 Å². The number of hydrogen-bond donors (Lipinski definition) is 1. The predicted octanol–water partition coefficient (Wildman–Crippen LogP) is 5.10. The number of methoxy groups -OCH3 is 1. The van der Waals surface area contributed by atoms with Gasteiger partial charge in [0.1, 0.15) is 5.00 Å². The van der Waals surface area contributed by atoms with Gasteiger partial charge < -0.3 is 10.1 Å². The number of carbonyl (C=O) groups is 2. The SMILES string of the molecule is COC(=O)c1c(NC(=O)c2ccc(Cl)cc2)sc2c1CCCCCC2. The van der Waals surface area contributed by atoms with Crippen LogP contribution < -0.4 is 5.32 Å². The van der Waals surface area contributed by atoms with Gasteiger partial charge in [-0.2, -0.15) is 0 Å². The number of benzene rings is 1. The average molecular weight is 378 g/mol. The van der Waals surface area contributed by atoms with Gasteiger partial charge in [-0.15, -0.1) is 11.3 Å². The number of halogens is 1. The number of fused-ring (bicyclic) bond motifs is 1. The predicted molar refractivity (Wildman–Crippen MR) is 101 cm³/mol. The molecular formula is C19H20ClNO3S. The van der Waals surface area contributed by atoms with Crippen LogP contribution >= 0.6 is 22.9 Å². The fourth-order valence-corrected chi connectivity index (χ4v) is 4.50. The zero-order valence-electron chi connectivity index (χ0n) is 14.1. The van der Waals surface area contributed by atoms with Gasteiger partial charge in [0, 0.05) is 15.5 Å². The van der Waals surface area contributed by atoms with Crippen molar-refractivity contribution in [1.29, 1.82) is 0 Å². The highest BCUT2D eigenvalue weighted by atomic mass is 35.5. The Morgan fingerprint density at radius 2 is 1.76 bits per heavy atom. The summed E-state index contributed by atoms with van der Waals surface area (Å²) in [5.41, 5.74) is 2.07. The van der Waals surface area contributed by atoms with Crippen LogP contribution in [0, 0.1) is 0 Å². The summed E-state index contributed by atoms with van der Waals surface area (Å²) in [5, 5.41) is 4.05. The molecule has 3 rings (SSSR count). The molecule has 2 aromatic rings. The standard InChI is InChI=1S/C19H20ClNO3S/c1-24-19(23)16-14-6-4-2-3-5-7-15(14)25-18(16)21-17(22)12-8-10-13(20)11-9-12/h8-11H,2-7H2,1H3,(H,21,22). The molecular weight excluding hydrogens is 358 g/mol. The van der Waals surface area contributed by atoms with Gasteiger partial charge in [-0.05, 0) is 55.5 Å². The van der Waals surface area contributed by atoms with E-state index in [4.69, 9.17) is 16.3 Å². The van der Waals surface area contributed by atoms with E-state index < -0.39 is 0 Å². The number of esters is 1. The van der Waals surface area contributed by atoms with Crippen LogP contribution in [0.15, 0.2) is 24.3 Å². The quantitative estimate of drug-likeness (QED) is 0.757. The van der Waals surface area contributed by atoms with Crippen LogP contribution in [0.3, 0.4) is 0 Å². The lowest BCUT2D eigenvalue weighted by Gasteiger charge is -2.11. The fraction of sp³-hybridized carbons (Fsp3) is 0.368. The number of rotatable bonds is 3. The van der Waals surface area contributed by atoms with E-state index in [-0.39, 0.29) is 11.9 Å². The van der Waals surface area contributed by atoms with Crippen LogP contribution in [0.2, 0.25) is 5.02 Å². The van der Waals surface area contributed by atoms with Crippen molar-refractivity contribution in [3.05, 3.63) is 50.9 Å². The van der Waals surface area contributed by atoms with Gasteiger partial charge in [0.2, 0.25) is 0 Å². The Morgan fingerprint density at radius 3 is 2.44 bits per heavy atom. The number of ether oxygens (including phenoxy) is 1.